The van der Waals surface area contributed by atoms with Crippen molar-refractivity contribution < 1.29 is 4.79 Å². The number of benzene rings is 1. The highest BCUT2D eigenvalue weighted by Crippen LogP contribution is 2.35. The van der Waals surface area contributed by atoms with Gasteiger partial charge in [0.2, 0.25) is 5.91 Å². The molecule has 0 spiro atoms. The molecule has 0 saturated heterocycles. The van der Waals surface area contributed by atoms with Gasteiger partial charge < -0.3 is 10.3 Å². The Hall–Kier alpha value is -1.77. The molecule has 0 bridgehead atoms. The van der Waals surface area contributed by atoms with Crippen LogP contribution >= 0.6 is 0 Å². The molecule has 1 aliphatic rings. The highest BCUT2D eigenvalue weighted by Gasteiger charge is 2.28. The molecule has 1 aromatic heterocycles. The molecule has 0 saturated carbocycles. The lowest BCUT2D eigenvalue weighted by Crippen LogP contribution is -2.29. The lowest BCUT2D eigenvalue weighted by Gasteiger charge is -2.22. The highest BCUT2D eigenvalue weighted by atomic mass is 16.1. The van der Waals surface area contributed by atoms with E-state index in [4.69, 9.17) is 5.73 Å². The molecule has 0 fully saturated rings. The molecule has 3 rings (SSSR count). The SMILES string of the molecule is Cc1ccc2c(c1)c1c(n2CC(C)C)CCC(C(N)=O)C1. The summed E-state index contributed by atoms with van der Waals surface area (Å²) in [6.07, 6.45) is 2.65. The zero-order valence-corrected chi connectivity index (χ0v) is 13.1. The smallest absolute Gasteiger partial charge is 0.220 e. The van der Waals surface area contributed by atoms with Crippen LogP contribution < -0.4 is 5.73 Å². The number of nitrogens with two attached hydrogens (primary N) is 1. The topological polar surface area (TPSA) is 48.0 Å². The summed E-state index contributed by atoms with van der Waals surface area (Å²) in [5.74, 6) is 0.453. The molecule has 1 atom stereocenters. The third-order valence-corrected chi connectivity index (χ3v) is 4.57. The Morgan fingerprint density at radius 1 is 1.43 bits per heavy atom. The summed E-state index contributed by atoms with van der Waals surface area (Å²) < 4.78 is 2.46. The molecule has 0 aliphatic heterocycles. The molecule has 1 aromatic carbocycles. The van der Waals surface area contributed by atoms with Crippen molar-refractivity contribution in [3.8, 4) is 0 Å². The van der Waals surface area contributed by atoms with E-state index in [1.807, 2.05) is 0 Å². The number of carbonyl (C=O) groups excluding carboxylic acids is 1. The molecule has 1 amide bonds. The van der Waals surface area contributed by atoms with Crippen LogP contribution in [-0.4, -0.2) is 10.5 Å². The lowest BCUT2D eigenvalue weighted by atomic mass is 9.86. The van der Waals surface area contributed by atoms with E-state index < -0.39 is 0 Å². The fourth-order valence-corrected chi connectivity index (χ4v) is 3.58. The minimum Gasteiger partial charge on any atom is -0.369 e. The van der Waals surface area contributed by atoms with Gasteiger partial charge >= 0.3 is 0 Å². The molecule has 2 N–H and O–H groups in total. The number of rotatable bonds is 3. The zero-order valence-electron chi connectivity index (χ0n) is 13.1. The quantitative estimate of drug-likeness (QED) is 0.924. The van der Waals surface area contributed by atoms with Crippen LogP contribution in [0, 0.1) is 18.8 Å². The number of carbonyl (C=O) groups is 1. The molecule has 3 heteroatoms. The van der Waals surface area contributed by atoms with E-state index in [0.717, 1.165) is 25.8 Å². The summed E-state index contributed by atoms with van der Waals surface area (Å²) >= 11 is 0. The standard InChI is InChI=1S/C18H24N2O/c1-11(2)10-20-16-6-4-12(3)8-14(16)15-9-13(18(19)21)5-7-17(15)20/h4,6,8,11,13H,5,7,9-10H2,1-3H3,(H2,19,21). The molecular formula is C18H24N2O. The predicted molar refractivity (Wildman–Crippen MR) is 86.2 cm³/mol. The normalized spacial score (nSPS) is 18.2. The van der Waals surface area contributed by atoms with Gasteiger partial charge in [0.25, 0.3) is 0 Å². The first-order valence-electron chi connectivity index (χ1n) is 7.87. The fraction of sp³-hybridized carbons (Fsp3) is 0.500. The molecule has 1 unspecified atom stereocenters. The van der Waals surface area contributed by atoms with Gasteiger partial charge in [-0.05, 0) is 49.8 Å². The summed E-state index contributed by atoms with van der Waals surface area (Å²) in [6, 6.07) is 6.66. The van der Waals surface area contributed by atoms with Crippen molar-refractivity contribution in [2.75, 3.05) is 0 Å². The predicted octanol–water partition coefficient (Wildman–Crippen LogP) is 3.20. The first-order valence-corrected chi connectivity index (χ1v) is 7.87. The molecule has 21 heavy (non-hydrogen) atoms. The maximum Gasteiger partial charge on any atom is 0.220 e. The van der Waals surface area contributed by atoms with E-state index in [0.29, 0.717) is 5.92 Å². The zero-order chi connectivity index (χ0) is 15.1. The third-order valence-electron chi connectivity index (χ3n) is 4.57. The van der Waals surface area contributed by atoms with Crippen molar-refractivity contribution in [2.24, 2.45) is 17.6 Å². The number of amides is 1. The van der Waals surface area contributed by atoms with Gasteiger partial charge in [0.05, 0.1) is 0 Å². The molecule has 3 nitrogen and oxygen atoms in total. The Morgan fingerprint density at radius 3 is 2.86 bits per heavy atom. The first-order chi connectivity index (χ1) is 9.97. The van der Waals surface area contributed by atoms with Crippen molar-refractivity contribution in [1.29, 1.82) is 0 Å². The number of hydrogen-bond acceptors (Lipinski definition) is 1. The van der Waals surface area contributed by atoms with Crippen molar-refractivity contribution in [3.63, 3.8) is 0 Å². The van der Waals surface area contributed by atoms with E-state index in [1.165, 1.54) is 27.7 Å². The lowest BCUT2D eigenvalue weighted by molar-refractivity contribution is -0.122. The summed E-state index contributed by atoms with van der Waals surface area (Å²) in [5.41, 5.74) is 10.9. The average Bonchev–Trinajstić information content (AvgIpc) is 2.71. The Bertz CT molecular complexity index is 697. The van der Waals surface area contributed by atoms with Gasteiger partial charge in [-0.3, -0.25) is 4.79 Å². The van der Waals surface area contributed by atoms with E-state index in [9.17, 15) is 4.79 Å². The van der Waals surface area contributed by atoms with Gasteiger partial charge in [-0.15, -0.1) is 0 Å². The van der Waals surface area contributed by atoms with Crippen LogP contribution in [0.4, 0.5) is 0 Å². The van der Waals surface area contributed by atoms with E-state index in [2.05, 4.69) is 43.5 Å². The molecular weight excluding hydrogens is 260 g/mol. The van der Waals surface area contributed by atoms with Crippen molar-refractivity contribution in [2.45, 2.75) is 46.6 Å². The van der Waals surface area contributed by atoms with Crippen LogP contribution in [-0.2, 0) is 24.2 Å². The van der Waals surface area contributed by atoms with Crippen LogP contribution in [0.15, 0.2) is 18.2 Å². The summed E-state index contributed by atoms with van der Waals surface area (Å²) in [5, 5.41) is 1.32. The first kappa shape index (κ1) is 14.2. The second-order valence-electron chi connectivity index (χ2n) is 6.79. The maximum atomic E-state index is 11.6. The van der Waals surface area contributed by atoms with Crippen LogP contribution in [0.1, 0.15) is 37.1 Å². The van der Waals surface area contributed by atoms with Crippen LogP contribution in [0.25, 0.3) is 10.9 Å². The van der Waals surface area contributed by atoms with Crippen molar-refractivity contribution >= 4 is 16.8 Å². The van der Waals surface area contributed by atoms with Gasteiger partial charge in [-0.2, -0.15) is 0 Å². The van der Waals surface area contributed by atoms with Crippen LogP contribution in [0.3, 0.4) is 0 Å². The van der Waals surface area contributed by atoms with E-state index in [1.54, 1.807) is 0 Å². The van der Waals surface area contributed by atoms with Crippen LogP contribution in [0.2, 0.25) is 0 Å². The van der Waals surface area contributed by atoms with Gasteiger partial charge in [0.1, 0.15) is 0 Å². The Balaban J connectivity index is 2.18. The number of hydrogen-bond donors (Lipinski definition) is 1. The molecule has 1 heterocycles. The van der Waals surface area contributed by atoms with E-state index >= 15 is 0 Å². The number of fused-ring (bicyclic) bond motifs is 3. The number of primary amides is 1. The summed E-state index contributed by atoms with van der Waals surface area (Å²) in [7, 11) is 0. The monoisotopic (exact) mass is 284 g/mol. The maximum absolute atomic E-state index is 11.6. The molecule has 1 aliphatic carbocycles. The Morgan fingerprint density at radius 2 is 2.19 bits per heavy atom. The third kappa shape index (κ3) is 2.45. The fourth-order valence-electron chi connectivity index (χ4n) is 3.58. The Labute approximate surface area is 126 Å². The summed E-state index contributed by atoms with van der Waals surface area (Å²) in [4.78, 5) is 11.6. The van der Waals surface area contributed by atoms with Crippen molar-refractivity contribution in [3.05, 3.63) is 35.0 Å². The van der Waals surface area contributed by atoms with Gasteiger partial charge in [0, 0.05) is 29.1 Å². The minimum absolute atomic E-state index is 0.00360. The Kier molecular flexibility index (Phi) is 3.52. The van der Waals surface area contributed by atoms with Gasteiger partial charge in [-0.25, -0.2) is 0 Å². The van der Waals surface area contributed by atoms with Crippen LogP contribution in [0.5, 0.6) is 0 Å². The number of aromatic nitrogens is 1. The second kappa shape index (κ2) is 5.21. The molecule has 0 radical (unpaired) electrons. The minimum atomic E-state index is -0.155. The number of nitrogens with zero attached hydrogens (tertiary/aromatic N) is 1. The number of aryl methyl sites for hydroxylation is 1. The van der Waals surface area contributed by atoms with Crippen molar-refractivity contribution in [1.82, 2.24) is 4.57 Å². The highest BCUT2D eigenvalue weighted by molar-refractivity contribution is 5.88. The molecule has 2 aromatic rings. The second-order valence-corrected chi connectivity index (χ2v) is 6.79. The van der Waals surface area contributed by atoms with E-state index in [-0.39, 0.29) is 11.8 Å². The average molecular weight is 284 g/mol. The van der Waals surface area contributed by atoms with Gasteiger partial charge in [-0.1, -0.05) is 25.5 Å². The van der Waals surface area contributed by atoms with Gasteiger partial charge in [0.15, 0.2) is 0 Å². The molecule has 112 valence electrons. The summed E-state index contributed by atoms with van der Waals surface area (Å²) in [6.45, 7) is 7.67. The largest absolute Gasteiger partial charge is 0.369 e.